The first-order valence-electron chi connectivity index (χ1n) is 8.30. The van der Waals surface area contributed by atoms with E-state index in [0.29, 0.717) is 5.56 Å². The highest BCUT2D eigenvalue weighted by molar-refractivity contribution is 5.94. The van der Waals surface area contributed by atoms with Crippen molar-refractivity contribution in [3.63, 3.8) is 0 Å². The number of nitrogens with zero attached hydrogens (tertiary/aromatic N) is 3. The molecule has 0 unspecified atom stereocenters. The molecule has 3 aromatic rings. The maximum absolute atomic E-state index is 12.1. The second-order valence-corrected chi connectivity index (χ2v) is 6.32. The van der Waals surface area contributed by atoms with E-state index >= 15 is 0 Å². The molecule has 0 aliphatic heterocycles. The number of benzene rings is 2. The van der Waals surface area contributed by atoms with Crippen molar-refractivity contribution in [2.24, 2.45) is 0 Å². The quantitative estimate of drug-likeness (QED) is 0.743. The average molecular weight is 371 g/mol. The van der Waals surface area contributed by atoms with Gasteiger partial charge >= 0.3 is 0 Å². The molecule has 0 saturated heterocycles. The minimum atomic E-state index is 0. The van der Waals surface area contributed by atoms with Crippen LogP contribution in [0.25, 0.3) is 10.9 Å². The zero-order valence-corrected chi connectivity index (χ0v) is 16.0. The first-order chi connectivity index (χ1) is 12.0. The number of carbonyl (C=O) groups excluding carboxylic acids is 1. The summed E-state index contributed by atoms with van der Waals surface area (Å²) in [6.07, 6.45) is 2.39. The highest BCUT2D eigenvalue weighted by Gasteiger charge is 2.08. The number of aromatic nitrogens is 2. The van der Waals surface area contributed by atoms with Crippen molar-refractivity contribution in [3.05, 3.63) is 65.5 Å². The molecule has 6 heteroatoms. The third-order valence-electron chi connectivity index (χ3n) is 4.08. The van der Waals surface area contributed by atoms with E-state index in [-0.39, 0.29) is 18.3 Å². The lowest BCUT2D eigenvalue weighted by atomic mass is 10.1. The predicted molar refractivity (Wildman–Crippen MR) is 108 cm³/mol. The molecule has 5 nitrogen and oxygen atoms in total. The smallest absolute Gasteiger partial charge is 0.253 e. The van der Waals surface area contributed by atoms with Crippen LogP contribution >= 0.6 is 12.4 Å². The Morgan fingerprint density at radius 3 is 2.69 bits per heavy atom. The van der Waals surface area contributed by atoms with Gasteiger partial charge in [0.05, 0.1) is 5.52 Å². The molecule has 0 fully saturated rings. The largest absolute Gasteiger partial charge is 0.369 e. The third kappa shape index (κ3) is 4.49. The molecule has 2 aromatic carbocycles. The fraction of sp³-hybridized carbons (Fsp3) is 0.250. The molecule has 1 N–H and O–H groups in total. The number of aryl methyl sites for hydroxylation is 1. The fourth-order valence-electron chi connectivity index (χ4n) is 2.75. The van der Waals surface area contributed by atoms with Crippen LogP contribution < -0.4 is 5.32 Å². The highest BCUT2D eigenvalue weighted by Crippen LogP contribution is 2.20. The van der Waals surface area contributed by atoms with Crippen molar-refractivity contribution < 1.29 is 4.79 Å². The summed E-state index contributed by atoms with van der Waals surface area (Å²) in [6, 6.07) is 13.9. The van der Waals surface area contributed by atoms with Crippen molar-refractivity contribution in [1.29, 1.82) is 0 Å². The summed E-state index contributed by atoms with van der Waals surface area (Å²) < 4.78 is 0. The molecule has 0 spiro atoms. The molecule has 1 heterocycles. The van der Waals surface area contributed by atoms with Crippen LogP contribution in [0.15, 0.2) is 48.8 Å². The molecule has 0 aliphatic rings. The molecular weight excluding hydrogens is 348 g/mol. The van der Waals surface area contributed by atoms with E-state index in [2.05, 4.69) is 28.3 Å². The number of anilines is 1. The molecule has 1 aromatic heterocycles. The summed E-state index contributed by atoms with van der Waals surface area (Å²) in [6.45, 7) is 2.79. The lowest BCUT2D eigenvalue weighted by Gasteiger charge is -2.12. The van der Waals surface area contributed by atoms with Gasteiger partial charge in [0.25, 0.3) is 5.91 Å². The Kier molecular flexibility index (Phi) is 6.52. The standard InChI is InChI=1S/C20H22N4O.ClH/c1-14-7-8-18-17(11-14)19(23-13-22-18)21-10-9-15-5-4-6-16(12-15)20(25)24(2)3;/h4-8,11-13H,9-10H2,1-3H3,(H,21,22,23);1H. The predicted octanol–water partition coefficient (Wildman–Crippen LogP) is 3.72. The van der Waals surface area contributed by atoms with E-state index in [9.17, 15) is 4.79 Å². The van der Waals surface area contributed by atoms with Gasteiger partial charge in [0.1, 0.15) is 12.1 Å². The van der Waals surface area contributed by atoms with Crippen LogP contribution in [0, 0.1) is 6.92 Å². The second-order valence-electron chi connectivity index (χ2n) is 6.32. The van der Waals surface area contributed by atoms with E-state index in [1.54, 1.807) is 25.3 Å². The van der Waals surface area contributed by atoms with E-state index in [1.165, 1.54) is 5.56 Å². The van der Waals surface area contributed by atoms with E-state index in [1.807, 2.05) is 36.4 Å². The first-order valence-corrected chi connectivity index (χ1v) is 8.30. The number of amides is 1. The molecule has 1 amide bonds. The number of fused-ring (bicyclic) bond motifs is 1. The molecule has 3 rings (SSSR count). The lowest BCUT2D eigenvalue weighted by molar-refractivity contribution is 0.0827. The Balaban J connectivity index is 0.00000243. The van der Waals surface area contributed by atoms with Gasteiger partial charge in [-0.05, 0) is 43.2 Å². The molecule has 0 radical (unpaired) electrons. The summed E-state index contributed by atoms with van der Waals surface area (Å²) in [5, 5.41) is 4.42. The van der Waals surface area contributed by atoms with Gasteiger partial charge in [0.2, 0.25) is 0 Å². The van der Waals surface area contributed by atoms with Crippen LogP contribution in [0.5, 0.6) is 0 Å². The Morgan fingerprint density at radius 1 is 1.12 bits per heavy atom. The molecular formula is C20H23ClN4O. The third-order valence-corrected chi connectivity index (χ3v) is 4.08. The van der Waals surface area contributed by atoms with Gasteiger partial charge in [-0.25, -0.2) is 9.97 Å². The van der Waals surface area contributed by atoms with Crippen LogP contribution in [-0.4, -0.2) is 41.4 Å². The van der Waals surface area contributed by atoms with Crippen molar-refractivity contribution in [2.75, 3.05) is 26.0 Å². The molecule has 26 heavy (non-hydrogen) atoms. The topological polar surface area (TPSA) is 58.1 Å². The number of hydrogen-bond acceptors (Lipinski definition) is 4. The number of halogens is 1. The van der Waals surface area contributed by atoms with Crippen LogP contribution in [-0.2, 0) is 6.42 Å². The van der Waals surface area contributed by atoms with E-state index in [4.69, 9.17) is 0 Å². The molecule has 0 atom stereocenters. The summed E-state index contributed by atoms with van der Waals surface area (Å²) in [4.78, 5) is 22.3. The van der Waals surface area contributed by atoms with Crippen molar-refractivity contribution >= 4 is 35.0 Å². The maximum atomic E-state index is 12.1. The van der Waals surface area contributed by atoms with Crippen LogP contribution in [0.3, 0.4) is 0 Å². The Labute approximate surface area is 159 Å². The Morgan fingerprint density at radius 2 is 1.92 bits per heavy atom. The number of rotatable bonds is 5. The van der Waals surface area contributed by atoms with E-state index < -0.39 is 0 Å². The number of hydrogen-bond donors (Lipinski definition) is 1. The molecule has 0 saturated carbocycles. The van der Waals surface area contributed by atoms with Crippen molar-refractivity contribution in [1.82, 2.24) is 14.9 Å². The summed E-state index contributed by atoms with van der Waals surface area (Å²) in [5.41, 5.74) is 3.95. The summed E-state index contributed by atoms with van der Waals surface area (Å²) in [5.74, 6) is 0.862. The monoisotopic (exact) mass is 370 g/mol. The summed E-state index contributed by atoms with van der Waals surface area (Å²) >= 11 is 0. The Hall–Kier alpha value is -2.66. The first kappa shape index (κ1) is 19.7. The average Bonchev–Trinajstić information content (AvgIpc) is 2.61. The molecule has 136 valence electrons. The van der Waals surface area contributed by atoms with E-state index in [0.717, 1.165) is 35.2 Å². The SMILES string of the molecule is Cc1ccc2ncnc(NCCc3cccc(C(=O)N(C)C)c3)c2c1.Cl. The lowest BCUT2D eigenvalue weighted by Crippen LogP contribution is -2.21. The Bertz CT molecular complexity index is 911. The minimum Gasteiger partial charge on any atom is -0.369 e. The zero-order chi connectivity index (χ0) is 17.8. The van der Waals surface area contributed by atoms with Crippen LogP contribution in [0.4, 0.5) is 5.82 Å². The van der Waals surface area contributed by atoms with Crippen LogP contribution in [0.2, 0.25) is 0 Å². The second kappa shape index (κ2) is 8.63. The molecule has 0 bridgehead atoms. The van der Waals surface area contributed by atoms with Crippen molar-refractivity contribution in [3.8, 4) is 0 Å². The number of carbonyl (C=O) groups is 1. The van der Waals surface area contributed by atoms with Gasteiger partial charge in [-0.1, -0.05) is 23.8 Å². The van der Waals surface area contributed by atoms with Crippen molar-refractivity contribution in [2.45, 2.75) is 13.3 Å². The minimum absolute atomic E-state index is 0. The highest BCUT2D eigenvalue weighted by atomic mass is 35.5. The van der Waals surface area contributed by atoms with Gasteiger partial charge in [-0.3, -0.25) is 4.79 Å². The zero-order valence-electron chi connectivity index (χ0n) is 15.2. The molecule has 0 aliphatic carbocycles. The van der Waals surface area contributed by atoms with Gasteiger partial charge in [0, 0.05) is 31.6 Å². The summed E-state index contributed by atoms with van der Waals surface area (Å²) in [7, 11) is 3.53. The fourth-order valence-corrected chi connectivity index (χ4v) is 2.75. The van der Waals surface area contributed by atoms with Gasteiger partial charge in [-0.2, -0.15) is 0 Å². The number of nitrogens with one attached hydrogen (secondary N) is 1. The maximum Gasteiger partial charge on any atom is 0.253 e. The van der Waals surface area contributed by atoms with Gasteiger partial charge in [0.15, 0.2) is 0 Å². The van der Waals surface area contributed by atoms with Gasteiger partial charge in [-0.15, -0.1) is 12.4 Å². The van der Waals surface area contributed by atoms with Crippen LogP contribution in [0.1, 0.15) is 21.5 Å². The normalized spacial score (nSPS) is 10.3. The van der Waals surface area contributed by atoms with Gasteiger partial charge < -0.3 is 10.2 Å².